The first-order valence-electron chi connectivity index (χ1n) is 6.28. The molecule has 0 bridgehead atoms. The molecule has 0 spiro atoms. The Morgan fingerprint density at radius 2 is 1.90 bits per heavy atom. The third-order valence-electron chi connectivity index (χ3n) is 2.94. The van der Waals surface area contributed by atoms with Gasteiger partial charge in [-0.2, -0.15) is 0 Å². The van der Waals surface area contributed by atoms with Crippen molar-refractivity contribution in [3.8, 4) is 5.75 Å². The number of benzene rings is 2. The normalized spacial score (nSPS) is 10.1. The molecule has 0 fully saturated rings. The zero-order valence-electron chi connectivity index (χ0n) is 11.4. The van der Waals surface area contributed by atoms with E-state index in [4.69, 9.17) is 0 Å². The lowest BCUT2D eigenvalue weighted by molar-refractivity contribution is -0.384. The molecule has 2 aromatic carbocycles. The first-order valence-corrected chi connectivity index (χ1v) is 6.28. The number of phenols is 1. The first kappa shape index (κ1) is 14.5. The summed E-state index contributed by atoms with van der Waals surface area (Å²) in [6.45, 7) is 1.84. The summed E-state index contributed by atoms with van der Waals surface area (Å²) < 4.78 is 0. The van der Waals surface area contributed by atoms with Crippen molar-refractivity contribution in [1.29, 1.82) is 0 Å². The topological polar surface area (TPSA) is 92.5 Å². The average molecular weight is 286 g/mol. The molecule has 6 nitrogen and oxygen atoms in total. The number of hydrogen-bond acceptors (Lipinski definition) is 4. The molecule has 0 saturated heterocycles. The lowest BCUT2D eigenvalue weighted by Crippen LogP contribution is -2.14. The number of aromatic hydroxyl groups is 1. The predicted octanol–water partition coefficient (Wildman–Crippen LogP) is 2.79. The van der Waals surface area contributed by atoms with Gasteiger partial charge in [-0.1, -0.05) is 18.2 Å². The van der Waals surface area contributed by atoms with Gasteiger partial charge in [-0.25, -0.2) is 0 Å². The fourth-order valence-electron chi connectivity index (χ4n) is 1.86. The number of carbonyl (C=O) groups is 1. The van der Waals surface area contributed by atoms with E-state index in [1.165, 1.54) is 24.3 Å². The molecule has 2 aromatic rings. The molecule has 0 aliphatic carbocycles. The summed E-state index contributed by atoms with van der Waals surface area (Å²) in [5.41, 5.74) is 1.87. The van der Waals surface area contributed by atoms with Gasteiger partial charge in [0.25, 0.3) is 5.69 Å². The maximum absolute atomic E-state index is 11.9. The molecule has 0 aromatic heterocycles. The van der Waals surface area contributed by atoms with Gasteiger partial charge in [-0.05, 0) is 30.2 Å². The van der Waals surface area contributed by atoms with E-state index in [9.17, 15) is 20.0 Å². The van der Waals surface area contributed by atoms with Crippen LogP contribution in [0.1, 0.15) is 11.1 Å². The molecule has 2 N–H and O–H groups in total. The van der Waals surface area contributed by atoms with Crippen LogP contribution < -0.4 is 5.32 Å². The zero-order chi connectivity index (χ0) is 15.4. The Morgan fingerprint density at radius 1 is 1.24 bits per heavy atom. The van der Waals surface area contributed by atoms with E-state index < -0.39 is 4.92 Å². The van der Waals surface area contributed by atoms with Crippen LogP contribution in [0, 0.1) is 17.0 Å². The van der Waals surface area contributed by atoms with Crippen LogP contribution in [0.25, 0.3) is 0 Å². The van der Waals surface area contributed by atoms with Crippen molar-refractivity contribution in [2.75, 3.05) is 5.32 Å². The van der Waals surface area contributed by atoms with Crippen molar-refractivity contribution in [3.05, 3.63) is 63.7 Å². The van der Waals surface area contributed by atoms with Crippen LogP contribution >= 0.6 is 0 Å². The van der Waals surface area contributed by atoms with Crippen LogP contribution in [0.5, 0.6) is 5.75 Å². The van der Waals surface area contributed by atoms with Crippen molar-refractivity contribution < 1.29 is 14.8 Å². The third kappa shape index (κ3) is 3.79. The Labute approximate surface area is 121 Å². The Hall–Kier alpha value is -2.89. The number of anilines is 1. The monoisotopic (exact) mass is 286 g/mol. The highest BCUT2D eigenvalue weighted by Gasteiger charge is 2.09. The quantitative estimate of drug-likeness (QED) is 0.513. The Bertz CT molecular complexity index is 681. The second-order valence-corrected chi connectivity index (χ2v) is 4.67. The number of phenolic OH excluding ortho intramolecular Hbond substituents is 1. The van der Waals surface area contributed by atoms with E-state index in [0.29, 0.717) is 11.3 Å². The van der Waals surface area contributed by atoms with Crippen LogP contribution in [0.15, 0.2) is 42.5 Å². The number of aryl methyl sites for hydroxylation is 1. The maximum Gasteiger partial charge on any atom is 0.269 e. The van der Waals surface area contributed by atoms with E-state index >= 15 is 0 Å². The van der Waals surface area contributed by atoms with Gasteiger partial charge in [-0.15, -0.1) is 0 Å². The molecule has 0 saturated carbocycles. The molecule has 0 atom stereocenters. The van der Waals surface area contributed by atoms with Crippen molar-refractivity contribution in [1.82, 2.24) is 0 Å². The van der Waals surface area contributed by atoms with Crippen LogP contribution in [0.3, 0.4) is 0 Å². The van der Waals surface area contributed by atoms with E-state index in [1.807, 2.05) is 6.92 Å². The molecule has 0 radical (unpaired) electrons. The second kappa shape index (κ2) is 6.04. The molecule has 21 heavy (non-hydrogen) atoms. The number of nitrogens with zero attached hydrogens (tertiary/aromatic N) is 1. The Balaban J connectivity index is 2.02. The van der Waals surface area contributed by atoms with Gasteiger partial charge in [0, 0.05) is 12.1 Å². The molecule has 0 heterocycles. The second-order valence-electron chi connectivity index (χ2n) is 4.67. The number of nitro groups is 1. The van der Waals surface area contributed by atoms with Gasteiger partial charge in [0.2, 0.25) is 5.91 Å². The molecule has 108 valence electrons. The lowest BCUT2D eigenvalue weighted by Gasteiger charge is -2.08. The number of non-ortho nitro benzene ring substituents is 1. The van der Waals surface area contributed by atoms with E-state index in [-0.39, 0.29) is 23.8 Å². The van der Waals surface area contributed by atoms with Crippen molar-refractivity contribution >= 4 is 17.3 Å². The number of amides is 1. The molecular weight excluding hydrogens is 272 g/mol. The van der Waals surface area contributed by atoms with Crippen LogP contribution in [0.4, 0.5) is 11.4 Å². The minimum atomic E-state index is -0.492. The number of rotatable bonds is 4. The molecule has 0 aliphatic heterocycles. The summed E-state index contributed by atoms with van der Waals surface area (Å²) in [6, 6.07) is 10.7. The van der Waals surface area contributed by atoms with Gasteiger partial charge < -0.3 is 10.4 Å². The first-order chi connectivity index (χ1) is 9.95. The van der Waals surface area contributed by atoms with Crippen molar-refractivity contribution in [3.63, 3.8) is 0 Å². The van der Waals surface area contributed by atoms with E-state index in [0.717, 1.165) is 5.56 Å². The highest BCUT2D eigenvalue weighted by molar-refractivity contribution is 5.93. The van der Waals surface area contributed by atoms with E-state index in [2.05, 4.69) is 5.32 Å². The number of carbonyl (C=O) groups excluding carboxylic acids is 1. The average Bonchev–Trinajstić information content (AvgIpc) is 2.42. The van der Waals surface area contributed by atoms with Crippen molar-refractivity contribution in [2.45, 2.75) is 13.3 Å². The lowest BCUT2D eigenvalue weighted by atomic mass is 10.1. The molecule has 1 amide bonds. The number of nitro benzene ring substituents is 1. The fraction of sp³-hybridized carbons (Fsp3) is 0.133. The van der Waals surface area contributed by atoms with Gasteiger partial charge >= 0.3 is 0 Å². The summed E-state index contributed by atoms with van der Waals surface area (Å²) >= 11 is 0. The molecular formula is C15H14N2O4. The molecule has 0 unspecified atom stereocenters. The van der Waals surface area contributed by atoms with Crippen molar-refractivity contribution in [2.24, 2.45) is 0 Å². The number of nitrogens with one attached hydrogen (secondary N) is 1. The summed E-state index contributed by atoms with van der Waals surface area (Å²) in [7, 11) is 0. The standard InChI is InChI=1S/C15H14N2O4/c1-10-2-7-13(14(18)8-10)16-15(19)9-11-3-5-12(6-4-11)17(20)21/h2-8,18H,9H2,1H3,(H,16,19). The number of hydrogen-bond donors (Lipinski definition) is 2. The van der Waals surface area contributed by atoms with Gasteiger partial charge in [-0.3, -0.25) is 14.9 Å². The largest absolute Gasteiger partial charge is 0.506 e. The fourth-order valence-corrected chi connectivity index (χ4v) is 1.86. The minimum absolute atomic E-state index is 0.00653. The zero-order valence-corrected chi connectivity index (χ0v) is 11.4. The molecule has 0 aliphatic rings. The summed E-state index contributed by atoms with van der Waals surface area (Å²) in [4.78, 5) is 21.9. The Morgan fingerprint density at radius 3 is 2.48 bits per heavy atom. The highest BCUT2D eigenvalue weighted by Crippen LogP contribution is 2.24. The van der Waals surface area contributed by atoms with Crippen LogP contribution in [-0.4, -0.2) is 15.9 Å². The summed E-state index contributed by atoms with van der Waals surface area (Å²) in [5.74, 6) is -0.296. The maximum atomic E-state index is 11.9. The van der Waals surface area contributed by atoms with Crippen LogP contribution in [-0.2, 0) is 11.2 Å². The van der Waals surface area contributed by atoms with Gasteiger partial charge in [0.15, 0.2) is 0 Å². The minimum Gasteiger partial charge on any atom is -0.506 e. The highest BCUT2D eigenvalue weighted by atomic mass is 16.6. The summed E-state index contributed by atoms with van der Waals surface area (Å²) in [5, 5.41) is 22.9. The predicted molar refractivity (Wildman–Crippen MR) is 78.3 cm³/mol. The smallest absolute Gasteiger partial charge is 0.269 e. The van der Waals surface area contributed by atoms with Gasteiger partial charge in [0.05, 0.1) is 17.0 Å². The van der Waals surface area contributed by atoms with Gasteiger partial charge in [0.1, 0.15) is 5.75 Å². The summed E-state index contributed by atoms with van der Waals surface area (Å²) in [6.07, 6.45) is 0.0747. The Kier molecular flexibility index (Phi) is 4.18. The SMILES string of the molecule is Cc1ccc(NC(=O)Cc2ccc([N+](=O)[O-])cc2)c(O)c1. The molecule has 2 rings (SSSR count). The van der Waals surface area contributed by atoms with Crippen LogP contribution in [0.2, 0.25) is 0 Å². The molecule has 6 heteroatoms. The third-order valence-corrected chi connectivity index (χ3v) is 2.94. The van der Waals surface area contributed by atoms with E-state index in [1.54, 1.807) is 18.2 Å².